The molecular weight excluding hydrogens is 394 g/mol. The van der Waals surface area contributed by atoms with Gasteiger partial charge in [0.2, 0.25) is 5.91 Å². The second-order valence-corrected chi connectivity index (χ2v) is 8.29. The van der Waals surface area contributed by atoms with Crippen molar-refractivity contribution >= 4 is 22.9 Å². The van der Waals surface area contributed by atoms with Gasteiger partial charge in [-0.25, -0.2) is 0 Å². The van der Waals surface area contributed by atoms with Crippen molar-refractivity contribution in [2.45, 2.75) is 6.04 Å². The monoisotopic (exact) mass is 421 g/mol. The summed E-state index contributed by atoms with van der Waals surface area (Å²) in [7, 11) is 1.67. The largest absolute Gasteiger partial charge is 0.497 e. The number of thiophene rings is 1. The van der Waals surface area contributed by atoms with E-state index < -0.39 is 0 Å². The predicted octanol–water partition coefficient (Wildman–Crippen LogP) is 3.78. The number of rotatable bonds is 7. The van der Waals surface area contributed by atoms with Crippen LogP contribution in [0.4, 0.5) is 5.69 Å². The second kappa shape index (κ2) is 9.78. The molecule has 6 heteroatoms. The minimum absolute atomic E-state index is 0.0377. The lowest BCUT2D eigenvalue weighted by Gasteiger charge is -2.36. The first-order valence-corrected chi connectivity index (χ1v) is 11.1. The molecule has 1 aliphatic heterocycles. The third-order valence-electron chi connectivity index (χ3n) is 5.49. The fourth-order valence-corrected chi connectivity index (χ4v) is 4.62. The molecule has 2 aromatic carbocycles. The van der Waals surface area contributed by atoms with E-state index in [0.29, 0.717) is 6.54 Å². The highest BCUT2D eigenvalue weighted by Gasteiger charge is 2.23. The molecule has 1 saturated heterocycles. The van der Waals surface area contributed by atoms with E-state index in [1.165, 1.54) is 16.1 Å². The van der Waals surface area contributed by atoms with Crippen LogP contribution in [0, 0.1) is 0 Å². The molecule has 0 aliphatic carbocycles. The molecule has 1 N–H and O–H groups in total. The standard InChI is InChI=1S/C24H27N3O2S/c1-29-21-11-9-20(10-12-21)26-13-15-27(16-14-26)23(28)18-25-24(22-8-5-17-30-22)19-6-3-2-4-7-19/h2-12,17,24-25H,13-16,18H2,1H3. The minimum Gasteiger partial charge on any atom is -0.497 e. The van der Waals surface area contributed by atoms with Crippen molar-refractivity contribution in [3.05, 3.63) is 82.6 Å². The van der Waals surface area contributed by atoms with Gasteiger partial charge >= 0.3 is 0 Å². The third kappa shape index (κ3) is 4.83. The Kier molecular flexibility index (Phi) is 6.67. The van der Waals surface area contributed by atoms with Crippen LogP contribution in [0.1, 0.15) is 16.5 Å². The number of methoxy groups -OCH3 is 1. The van der Waals surface area contributed by atoms with Gasteiger partial charge in [-0.2, -0.15) is 0 Å². The van der Waals surface area contributed by atoms with E-state index in [2.05, 4.69) is 52.0 Å². The van der Waals surface area contributed by atoms with Crippen LogP contribution in [-0.4, -0.2) is 50.6 Å². The molecule has 30 heavy (non-hydrogen) atoms. The first kappa shape index (κ1) is 20.4. The molecule has 1 fully saturated rings. The number of hydrogen-bond donors (Lipinski definition) is 1. The first-order chi connectivity index (χ1) is 14.7. The quantitative estimate of drug-likeness (QED) is 0.631. The van der Waals surface area contributed by atoms with Crippen LogP contribution in [0.15, 0.2) is 72.1 Å². The molecule has 1 aliphatic rings. The van der Waals surface area contributed by atoms with Gasteiger partial charge in [0.05, 0.1) is 19.7 Å². The summed E-state index contributed by atoms with van der Waals surface area (Å²) in [4.78, 5) is 18.4. The van der Waals surface area contributed by atoms with E-state index in [-0.39, 0.29) is 11.9 Å². The van der Waals surface area contributed by atoms with Crippen molar-refractivity contribution in [2.24, 2.45) is 0 Å². The van der Waals surface area contributed by atoms with Crippen LogP contribution in [0.2, 0.25) is 0 Å². The molecule has 0 saturated carbocycles. The molecule has 3 aromatic rings. The van der Waals surface area contributed by atoms with Crippen molar-refractivity contribution in [1.82, 2.24) is 10.2 Å². The molecule has 4 rings (SSSR count). The molecule has 1 aromatic heterocycles. The van der Waals surface area contributed by atoms with Gasteiger partial charge in [0.25, 0.3) is 0 Å². The second-order valence-electron chi connectivity index (χ2n) is 7.31. The Hall–Kier alpha value is -2.83. The van der Waals surface area contributed by atoms with Crippen molar-refractivity contribution in [3.8, 4) is 5.75 Å². The molecule has 2 heterocycles. The van der Waals surface area contributed by atoms with E-state index in [1.807, 2.05) is 35.2 Å². The summed E-state index contributed by atoms with van der Waals surface area (Å²) in [5.74, 6) is 1.01. The van der Waals surface area contributed by atoms with Crippen molar-refractivity contribution in [1.29, 1.82) is 0 Å². The summed E-state index contributed by atoms with van der Waals surface area (Å²) < 4.78 is 5.23. The van der Waals surface area contributed by atoms with Crippen LogP contribution in [0.25, 0.3) is 0 Å². The normalized spacial score (nSPS) is 15.1. The van der Waals surface area contributed by atoms with Gasteiger partial charge in [-0.15, -0.1) is 11.3 Å². The van der Waals surface area contributed by atoms with Gasteiger partial charge < -0.3 is 14.5 Å². The number of carbonyl (C=O) groups is 1. The highest BCUT2D eigenvalue weighted by molar-refractivity contribution is 7.10. The van der Waals surface area contributed by atoms with Gasteiger partial charge in [-0.1, -0.05) is 36.4 Å². The fourth-order valence-electron chi connectivity index (χ4n) is 3.79. The lowest BCUT2D eigenvalue weighted by atomic mass is 10.1. The molecule has 0 radical (unpaired) electrons. The van der Waals surface area contributed by atoms with Crippen LogP contribution < -0.4 is 15.0 Å². The summed E-state index contributed by atoms with van der Waals surface area (Å²) in [6, 6.07) is 22.6. The zero-order valence-corrected chi connectivity index (χ0v) is 18.0. The highest BCUT2D eigenvalue weighted by atomic mass is 32.1. The lowest BCUT2D eigenvalue weighted by Crippen LogP contribution is -2.51. The summed E-state index contributed by atoms with van der Waals surface area (Å²) >= 11 is 1.71. The molecule has 1 unspecified atom stereocenters. The number of anilines is 1. The Morgan fingerprint density at radius 3 is 2.37 bits per heavy atom. The summed E-state index contributed by atoms with van der Waals surface area (Å²) in [6.45, 7) is 3.49. The number of carbonyl (C=O) groups excluding carboxylic acids is 1. The topological polar surface area (TPSA) is 44.8 Å². The van der Waals surface area contributed by atoms with E-state index in [0.717, 1.165) is 31.9 Å². The van der Waals surface area contributed by atoms with Crippen LogP contribution >= 0.6 is 11.3 Å². The van der Waals surface area contributed by atoms with E-state index in [9.17, 15) is 4.79 Å². The Bertz CT molecular complexity index is 921. The smallest absolute Gasteiger partial charge is 0.236 e. The first-order valence-electron chi connectivity index (χ1n) is 10.2. The van der Waals surface area contributed by atoms with Crippen molar-refractivity contribution < 1.29 is 9.53 Å². The van der Waals surface area contributed by atoms with Gasteiger partial charge in [0, 0.05) is 36.7 Å². The number of piperazine rings is 1. The molecule has 1 amide bonds. The third-order valence-corrected chi connectivity index (χ3v) is 6.43. The molecule has 156 valence electrons. The van der Waals surface area contributed by atoms with Gasteiger partial charge in [-0.3, -0.25) is 10.1 Å². The number of hydrogen-bond acceptors (Lipinski definition) is 5. The summed E-state index contributed by atoms with van der Waals surface area (Å²) in [6.07, 6.45) is 0. The highest BCUT2D eigenvalue weighted by Crippen LogP contribution is 2.26. The molecule has 5 nitrogen and oxygen atoms in total. The molecule has 0 spiro atoms. The molecule has 1 atom stereocenters. The zero-order chi connectivity index (χ0) is 20.8. The summed E-state index contributed by atoms with van der Waals surface area (Å²) in [5, 5.41) is 5.56. The van der Waals surface area contributed by atoms with E-state index >= 15 is 0 Å². The van der Waals surface area contributed by atoms with Gasteiger partial charge in [-0.05, 0) is 41.3 Å². The Morgan fingerprint density at radius 1 is 1.00 bits per heavy atom. The predicted molar refractivity (Wildman–Crippen MR) is 122 cm³/mol. The Morgan fingerprint density at radius 2 is 1.73 bits per heavy atom. The lowest BCUT2D eigenvalue weighted by molar-refractivity contribution is -0.130. The zero-order valence-electron chi connectivity index (χ0n) is 17.2. The number of nitrogens with one attached hydrogen (secondary N) is 1. The van der Waals surface area contributed by atoms with Gasteiger partial charge in [0.1, 0.15) is 5.75 Å². The minimum atomic E-state index is 0.0377. The Labute approximate surface area is 181 Å². The van der Waals surface area contributed by atoms with E-state index in [4.69, 9.17) is 4.74 Å². The number of nitrogens with zero attached hydrogens (tertiary/aromatic N) is 2. The number of amides is 1. The molecule has 0 bridgehead atoms. The maximum absolute atomic E-state index is 12.9. The fraction of sp³-hybridized carbons (Fsp3) is 0.292. The van der Waals surface area contributed by atoms with Gasteiger partial charge in [0.15, 0.2) is 0 Å². The Balaban J connectivity index is 1.33. The van der Waals surface area contributed by atoms with Crippen LogP contribution in [0.5, 0.6) is 5.75 Å². The van der Waals surface area contributed by atoms with Crippen LogP contribution in [0.3, 0.4) is 0 Å². The maximum atomic E-state index is 12.9. The van der Waals surface area contributed by atoms with Crippen molar-refractivity contribution in [3.63, 3.8) is 0 Å². The average molecular weight is 422 g/mol. The van der Waals surface area contributed by atoms with E-state index in [1.54, 1.807) is 18.4 Å². The summed E-state index contributed by atoms with van der Waals surface area (Å²) in [5.41, 5.74) is 2.35. The van der Waals surface area contributed by atoms with Crippen LogP contribution in [-0.2, 0) is 4.79 Å². The number of ether oxygens (including phenoxy) is 1. The molecular formula is C24H27N3O2S. The maximum Gasteiger partial charge on any atom is 0.236 e. The number of benzene rings is 2. The SMILES string of the molecule is COc1ccc(N2CCN(C(=O)CNC(c3ccccc3)c3cccs3)CC2)cc1. The average Bonchev–Trinajstić information content (AvgIpc) is 3.35. The van der Waals surface area contributed by atoms with Crippen molar-refractivity contribution in [2.75, 3.05) is 44.7 Å².